The van der Waals surface area contributed by atoms with Gasteiger partial charge in [0, 0.05) is 5.56 Å². The summed E-state index contributed by atoms with van der Waals surface area (Å²) in [6.07, 6.45) is 1.48. The number of amides is 1. The molecule has 0 aliphatic carbocycles. The largest absolute Gasteiger partial charge is 0.454 e. The van der Waals surface area contributed by atoms with Crippen molar-refractivity contribution in [3.05, 3.63) is 88.4 Å². The number of hydrogen-bond donors (Lipinski definition) is 1. The number of carbonyl (C=O) groups excluding carboxylic acids is 2. The summed E-state index contributed by atoms with van der Waals surface area (Å²) in [5.41, 5.74) is 3.84. The van der Waals surface area contributed by atoms with Gasteiger partial charge in [-0.3, -0.25) is 4.79 Å². The topological polar surface area (TPSA) is 86.2 Å². The zero-order valence-electron chi connectivity index (χ0n) is 15.5. The van der Waals surface area contributed by atoms with E-state index in [2.05, 4.69) is 10.5 Å². The quantitative estimate of drug-likeness (QED) is 0.290. The zero-order chi connectivity index (χ0) is 20.9. The molecule has 1 aliphatic rings. The van der Waals surface area contributed by atoms with Gasteiger partial charge in [0.25, 0.3) is 5.91 Å². The Morgan fingerprint density at radius 3 is 2.57 bits per heavy atom. The number of nitrogens with zero attached hydrogens (tertiary/aromatic N) is 1. The highest BCUT2D eigenvalue weighted by molar-refractivity contribution is 6.33. The monoisotopic (exact) mass is 422 g/mol. The first-order valence-corrected chi connectivity index (χ1v) is 9.28. The number of nitrogens with one attached hydrogen (secondary N) is 1. The Morgan fingerprint density at radius 1 is 1.00 bits per heavy atom. The fraction of sp³-hybridized carbons (Fsp3) is 0.0455. The molecule has 0 bridgehead atoms. The van der Waals surface area contributed by atoms with Crippen molar-refractivity contribution in [1.82, 2.24) is 5.43 Å². The average molecular weight is 423 g/mol. The van der Waals surface area contributed by atoms with Crippen molar-refractivity contribution in [2.75, 3.05) is 6.79 Å². The normalized spacial score (nSPS) is 12.0. The fourth-order valence-electron chi connectivity index (χ4n) is 2.68. The summed E-state index contributed by atoms with van der Waals surface area (Å²) in [5.74, 6) is 0.563. The van der Waals surface area contributed by atoms with Gasteiger partial charge in [0.15, 0.2) is 11.5 Å². The van der Waals surface area contributed by atoms with Crippen molar-refractivity contribution >= 4 is 29.7 Å². The summed E-state index contributed by atoms with van der Waals surface area (Å²) in [5, 5.41) is 4.26. The summed E-state index contributed by atoms with van der Waals surface area (Å²) in [7, 11) is 0. The first-order chi connectivity index (χ1) is 14.6. The van der Waals surface area contributed by atoms with Crippen LogP contribution in [0, 0.1) is 0 Å². The molecule has 0 atom stereocenters. The van der Waals surface area contributed by atoms with E-state index >= 15 is 0 Å². The molecule has 7 nitrogen and oxygen atoms in total. The molecule has 30 heavy (non-hydrogen) atoms. The van der Waals surface area contributed by atoms with Gasteiger partial charge in [-0.2, -0.15) is 5.10 Å². The highest BCUT2D eigenvalue weighted by Crippen LogP contribution is 2.32. The summed E-state index contributed by atoms with van der Waals surface area (Å²) in [6, 6.07) is 18.2. The van der Waals surface area contributed by atoms with Gasteiger partial charge >= 0.3 is 5.97 Å². The highest BCUT2D eigenvalue weighted by Gasteiger charge is 2.16. The SMILES string of the molecule is O=C(NN=Cc1ccc(OC(=O)c2ccccc2Cl)cc1)c1ccc2c(c1)OCO2. The van der Waals surface area contributed by atoms with Crippen LogP contribution in [-0.4, -0.2) is 24.9 Å². The minimum atomic E-state index is -0.544. The molecule has 8 heteroatoms. The number of carbonyl (C=O) groups is 2. The number of halogens is 1. The smallest absolute Gasteiger partial charge is 0.345 e. The van der Waals surface area contributed by atoms with Crippen LogP contribution in [0.25, 0.3) is 0 Å². The highest BCUT2D eigenvalue weighted by atomic mass is 35.5. The van der Waals surface area contributed by atoms with E-state index in [0.29, 0.717) is 33.4 Å². The predicted octanol–water partition coefficient (Wildman–Crippen LogP) is 4.05. The molecule has 1 N–H and O–H groups in total. The molecular formula is C22H15ClN2O5. The molecule has 1 aliphatic heterocycles. The van der Waals surface area contributed by atoms with E-state index in [-0.39, 0.29) is 18.3 Å². The second-order valence-electron chi connectivity index (χ2n) is 6.21. The number of ether oxygens (including phenoxy) is 3. The Labute approximate surface area is 176 Å². The molecule has 150 valence electrons. The van der Waals surface area contributed by atoms with Crippen molar-refractivity contribution in [2.45, 2.75) is 0 Å². The number of hydrazone groups is 1. The van der Waals surface area contributed by atoms with Gasteiger partial charge < -0.3 is 14.2 Å². The molecule has 0 fully saturated rings. The van der Waals surface area contributed by atoms with Crippen LogP contribution >= 0.6 is 11.6 Å². The molecule has 3 aromatic rings. The number of hydrogen-bond acceptors (Lipinski definition) is 6. The van der Waals surface area contributed by atoms with Crippen LogP contribution < -0.4 is 19.6 Å². The van der Waals surface area contributed by atoms with Gasteiger partial charge in [-0.05, 0) is 60.2 Å². The third kappa shape index (κ3) is 4.42. The molecular weight excluding hydrogens is 408 g/mol. The molecule has 0 aromatic heterocycles. The molecule has 1 heterocycles. The van der Waals surface area contributed by atoms with Crippen LogP contribution in [0.2, 0.25) is 5.02 Å². The second kappa shape index (κ2) is 8.67. The number of benzene rings is 3. The van der Waals surface area contributed by atoms with E-state index < -0.39 is 5.97 Å². The molecule has 0 spiro atoms. The van der Waals surface area contributed by atoms with Crippen molar-refractivity contribution in [3.63, 3.8) is 0 Å². The van der Waals surface area contributed by atoms with Crippen LogP contribution in [0.3, 0.4) is 0 Å². The lowest BCUT2D eigenvalue weighted by atomic mass is 10.2. The zero-order valence-corrected chi connectivity index (χ0v) is 16.3. The van der Waals surface area contributed by atoms with Crippen LogP contribution in [0.5, 0.6) is 17.2 Å². The predicted molar refractivity (Wildman–Crippen MR) is 110 cm³/mol. The Balaban J connectivity index is 1.34. The van der Waals surface area contributed by atoms with E-state index in [1.54, 1.807) is 66.7 Å². The molecule has 3 aromatic carbocycles. The summed E-state index contributed by atoms with van der Waals surface area (Å²) in [6.45, 7) is 0.141. The Kier molecular flexibility index (Phi) is 5.63. The fourth-order valence-corrected chi connectivity index (χ4v) is 2.89. The maximum Gasteiger partial charge on any atom is 0.345 e. The Bertz CT molecular complexity index is 1130. The standard InChI is InChI=1S/C22H15ClN2O5/c23-18-4-2-1-3-17(18)22(27)30-16-8-5-14(6-9-16)12-24-25-21(26)15-7-10-19-20(11-15)29-13-28-19/h1-12H,13H2,(H,25,26). The second-order valence-corrected chi connectivity index (χ2v) is 6.61. The van der Waals surface area contributed by atoms with Gasteiger partial charge in [0.1, 0.15) is 5.75 Å². The van der Waals surface area contributed by atoms with Crippen LogP contribution in [-0.2, 0) is 0 Å². The van der Waals surface area contributed by atoms with Gasteiger partial charge in [-0.15, -0.1) is 0 Å². The lowest BCUT2D eigenvalue weighted by Gasteiger charge is -2.06. The Hall–Kier alpha value is -3.84. The van der Waals surface area contributed by atoms with E-state index in [1.807, 2.05) is 0 Å². The molecule has 0 radical (unpaired) electrons. The number of rotatable bonds is 5. The van der Waals surface area contributed by atoms with Crippen LogP contribution in [0.4, 0.5) is 0 Å². The number of esters is 1. The van der Waals surface area contributed by atoms with Crippen molar-refractivity contribution in [2.24, 2.45) is 5.10 Å². The average Bonchev–Trinajstić information content (AvgIpc) is 3.23. The minimum absolute atomic E-state index is 0.141. The van der Waals surface area contributed by atoms with Crippen LogP contribution in [0.15, 0.2) is 71.8 Å². The maximum absolute atomic E-state index is 12.2. The summed E-state index contributed by atoms with van der Waals surface area (Å²) >= 11 is 6.00. The third-order valence-corrected chi connectivity index (χ3v) is 4.53. The molecule has 0 saturated heterocycles. The lowest BCUT2D eigenvalue weighted by Crippen LogP contribution is -2.17. The third-order valence-electron chi connectivity index (χ3n) is 4.20. The van der Waals surface area contributed by atoms with Gasteiger partial charge in [-0.1, -0.05) is 23.7 Å². The van der Waals surface area contributed by atoms with E-state index in [9.17, 15) is 9.59 Å². The van der Waals surface area contributed by atoms with Crippen LogP contribution in [0.1, 0.15) is 26.3 Å². The lowest BCUT2D eigenvalue weighted by molar-refractivity contribution is 0.0734. The Morgan fingerprint density at radius 2 is 1.77 bits per heavy atom. The van der Waals surface area contributed by atoms with Gasteiger partial charge in [0.2, 0.25) is 6.79 Å². The van der Waals surface area contributed by atoms with Gasteiger partial charge in [0.05, 0.1) is 16.8 Å². The minimum Gasteiger partial charge on any atom is -0.454 e. The summed E-state index contributed by atoms with van der Waals surface area (Å²) in [4.78, 5) is 24.4. The molecule has 1 amide bonds. The first kappa shape index (κ1) is 19.5. The first-order valence-electron chi connectivity index (χ1n) is 8.90. The molecule has 4 rings (SSSR count). The maximum atomic E-state index is 12.2. The molecule has 0 unspecified atom stereocenters. The van der Waals surface area contributed by atoms with Crippen molar-refractivity contribution in [1.29, 1.82) is 0 Å². The van der Waals surface area contributed by atoms with E-state index in [4.69, 9.17) is 25.8 Å². The van der Waals surface area contributed by atoms with Crippen molar-refractivity contribution in [3.8, 4) is 17.2 Å². The number of fused-ring (bicyclic) bond motifs is 1. The van der Waals surface area contributed by atoms with Gasteiger partial charge in [-0.25, -0.2) is 10.2 Å². The van der Waals surface area contributed by atoms with E-state index in [0.717, 1.165) is 0 Å². The van der Waals surface area contributed by atoms with E-state index in [1.165, 1.54) is 6.21 Å². The van der Waals surface area contributed by atoms with Crippen molar-refractivity contribution < 1.29 is 23.8 Å². The molecule has 0 saturated carbocycles. The summed E-state index contributed by atoms with van der Waals surface area (Å²) < 4.78 is 15.8.